The van der Waals surface area contributed by atoms with Gasteiger partial charge in [-0.25, -0.2) is 4.68 Å². The maximum absolute atomic E-state index is 12.0. The largest absolute Gasteiger partial charge is 0.383 e. The van der Waals surface area contributed by atoms with Gasteiger partial charge in [-0.15, -0.1) is 0 Å². The van der Waals surface area contributed by atoms with Crippen LogP contribution in [-0.2, 0) is 22.1 Å². The summed E-state index contributed by atoms with van der Waals surface area (Å²) in [5, 5.41) is 7.34. The first-order valence-corrected chi connectivity index (χ1v) is 8.69. The molecule has 0 aliphatic heterocycles. The summed E-state index contributed by atoms with van der Waals surface area (Å²) >= 11 is 3.28. The van der Waals surface area contributed by atoms with Crippen LogP contribution in [0.3, 0.4) is 0 Å². The van der Waals surface area contributed by atoms with Crippen molar-refractivity contribution in [3.05, 3.63) is 21.0 Å². The molecule has 0 amide bonds. The molecule has 2 unspecified atom stereocenters. The third-order valence-corrected chi connectivity index (χ3v) is 5.06. The zero-order chi connectivity index (χ0) is 15.1. The Balaban J connectivity index is 2.66. The van der Waals surface area contributed by atoms with Gasteiger partial charge >= 0.3 is 0 Å². The van der Waals surface area contributed by atoms with Crippen LogP contribution in [0.5, 0.6) is 0 Å². The predicted molar refractivity (Wildman–Crippen MR) is 84.7 cm³/mol. The van der Waals surface area contributed by atoms with E-state index >= 15 is 0 Å². The molecular weight excluding hydrogens is 346 g/mol. The summed E-state index contributed by atoms with van der Waals surface area (Å²) in [4.78, 5) is 12.0. The second-order valence-corrected chi connectivity index (χ2v) is 7.01. The molecular formula is C12H20BrN3O3S. The third kappa shape index (κ3) is 4.99. The van der Waals surface area contributed by atoms with Crippen molar-refractivity contribution in [1.29, 1.82) is 0 Å². The molecule has 6 nitrogen and oxygen atoms in total. The van der Waals surface area contributed by atoms with Crippen molar-refractivity contribution in [2.45, 2.75) is 25.1 Å². The molecule has 1 heterocycles. The smallest absolute Gasteiger partial charge is 0.283 e. The first kappa shape index (κ1) is 17.3. The summed E-state index contributed by atoms with van der Waals surface area (Å²) in [6.07, 6.45) is 4.07. The quantitative estimate of drug-likeness (QED) is 0.749. The van der Waals surface area contributed by atoms with E-state index in [-0.39, 0.29) is 10.8 Å². The molecule has 114 valence electrons. The number of anilines is 1. The molecule has 0 radical (unpaired) electrons. The predicted octanol–water partition coefficient (Wildman–Crippen LogP) is 1.22. The molecule has 1 aromatic rings. The fraction of sp³-hybridized carbons (Fsp3) is 0.667. The van der Waals surface area contributed by atoms with Gasteiger partial charge in [-0.3, -0.25) is 9.00 Å². The van der Waals surface area contributed by atoms with Crippen LogP contribution in [0.1, 0.15) is 13.3 Å². The molecule has 0 aliphatic rings. The van der Waals surface area contributed by atoms with Crippen LogP contribution in [0.2, 0.25) is 0 Å². The second-order valence-electron chi connectivity index (χ2n) is 4.42. The number of methoxy groups -OCH3 is 1. The van der Waals surface area contributed by atoms with Gasteiger partial charge in [0.05, 0.1) is 25.0 Å². The Morgan fingerprint density at radius 2 is 2.30 bits per heavy atom. The standard InChI is InChI=1S/C12H20BrN3O3S/c1-9(20(3)18)4-5-14-10-8-15-16(6-7-19-2)12(17)11(10)13/h8-9,14H,4-7H2,1-3H3. The SMILES string of the molecule is COCCn1ncc(NCCC(C)S(C)=O)c(Br)c1=O. The number of hydrogen-bond acceptors (Lipinski definition) is 5. The normalized spacial score (nSPS) is 14.0. The van der Waals surface area contributed by atoms with Crippen molar-refractivity contribution in [2.24, 2.45) is 0 Å². The molecule has 20 heavy (non-hydrogen) atoms. The van der Waals surface area contributed by atoms with Gasteiger partial charge in [-0.1, -0.05) is 6.92 Å². The Morgan fingerprint density at radius 3 is 2.90 bits per heavy atom. The van der Waals surface area contributed by atoms with E-state index in [0.717, 1.165) is 6.42 Å². The summed E-state index contributed by atoms with van der Waals surface area (Å²) in [5.74, 6) is 0. The lowest BCUT2D eigenvalue weighted by Crippen LogP contribution is -2.26. The molecule has 0 fully saturated rings. The van der Waals surface area contributed by atoms with Gasteiger partial charge in [0.15, 0.2) is 0 Å². The van der Waals surface area contributed by atoms with Gasteiger partial charge < -0.3 is 10.1 Å². The van der Waals surface area contributed by atoms with Crippen molar-refractivity contribution in [2.75, 3.05) is 31.8 Å². The lowest BCUT2D eigenvalue weighted by atomic mass is 10.3. The number of hydrogen-bond donors (Lipinski definition) is 1. The minimum absolute atomic E-state index is 0.122. The number of halogens is 1. The highest BCUT2D eigenvalue weighted by Crippen LogP contribution is 2.16. The van der Waals surface area contributed by atoms with E-state index < -0.39 is 10.8 Å². The Kier molecular flexibility index (Phi) is 7.39. The van der Waals surface area contributed by atoms with Crippen LogP contribution in [0, 0.1) is 0 Å². The van der Waals surface area contributed by atoms with Crippen LogP contribution in [0.25, 0.3) is 0 Å². The Labute approximate surface area is 129 Å². The van der Waals surface area contributed by atoms with Crippen molar-refractivity contribution in [1.82, 2.24) is 9.78 Å². The van der Waals surface area contributed by atoms with Crippen molar-refractivity contribution in [3.8, 4) is 0 Å². The van der Waals surface area contributed by atoms with Crippen LogP contribution in [0.4, 0.5) is 5.69 Å². The van der Waals surface area contributed by atoms with Crippen molar-refractivity contribution >= 4 is 32.4 Å². The first-order valence-electron chi connectivity index (χ1n) is 6.28. The first-order chi connectivity index (χ1) is 9.47. The molecule has 1 rings (SSSR count). The monoisotopic (exact) mass is 365 g/mol. The number of nitrogens with one attached hydrogen (secondary N) is 1. The lowest BCUT2D eigenvalue weighted by Gasteiger charge is -2.12. The second kappa shape index (κ2) is 8.53. The molecule has 8 heteroatoms. The third-order valence-electron chi connectivity index (χ3n) is 2.93. The van der Waals surface area contributed by atoms with Gasteiger partial charge in [0.1, 0.15) is 4.47 Å². The van der Waals surface area contributed by atoms with E-state index in [0.29, 0.717) is 29.9 Å². The van der Waals surface area contributed by atoms with Crippen LogP contribution >= 0.6 is 15.9 Å². The van der Waals surface area contributed by atoms with Gasteiger partial charge in [-0.2, -0.15) is 5.10 Å². The van der Waals surface area contributed by atoms with Gasteiger partial charge in [0.2, 0.25) is 0 Å². The zero-order valence-electron chi connectivity index (χ0n) is 11.9. The summed E-state index contributed by atoms with van der Waals surface area (Å²) in [5.41, 5.74) is 0.455. The number of ether oxygens (including phenoxy) is 1. The Hall–Kier alpha value is -0.730. The molecule has 0 bridgehead atoms. The highest BCUT2D eigenvalue weighted by Gasteiger charge is 2.10. The zero-order valence-corrected chi connectivity index (χ0v) is 14.3. The number of nitrogens with zero attached hydrogens (tertiary/aromatic N) is 2. The molecule has 0 aromatic carbocycles. The minimum atomic E-state index is -0.833. The average Bonchev–Trinajstić information content (AvgIpc) is 2.42. The van der Waals surface area contributed by atoms with Crippen molar-refractivity contribution < 1.29 is 8.95 Å². The summed E-state index contributed by atoms with van der Waals surface area (Å²) < 4.78 is 18.0. The molecule has 0 saturated heterocycles. The van der Waals surface area contributed by atoms with E-state index in [1.54, 1.807) is 19.6 Å². The average molecular weight is 366 g/mol. The maximum atomic E-state index is 12.0. The summed E-state index contributed by atoms with van der Waals surface area (Å²) in [6.45, 7) is 3.43. The molecule has 0 saturated carbocycles. The van der Waals surface area contributed by atoms with E-state index in [4.69, 9.17) is 4.74 Å². The van der Waals surface area contributed by atoms with E-state index in [2.05, 4.69) is 26.3 Å². The summed E-state index contributed by atoms with van der Waals surface area (Å²) in [6, 6.07) is 0. The van der Waals surface area contributed by atoms with Gasteiger partial charge in [0, 0.05) is 36.0 Å². The number of aromatic nitrogens is 2. The van der Waals surface area contributed by atoms with Crippen LogP contribution in [0.15, 0.2) is 15.5 Å². The number of rotatable bonds is 8. The van der Waals surface area contributed by atoms with Crippen molar-refractivity contribution in [3.63, 3.8) is 0 Å². The van der Waals surface area contributed by atoms with Crippen LogP contribution in [-0.4, -0.2) is 45.8 Å². The topological polar surface area (TPSA) is 73.2 Å². The highest BCUT2D eigenvalue weighted by atomic mass is 79.9. The maximum Gasteiger partial charge on any atom is 0.283 e. The molecule has 0 aliphatic carbocycles. The van der Waals surface area contributed by atoms with E-state index in [1.807, 2.05) is 6.92 Å². The Bertz CT molecular complexity index is 521. The molecule has 1 N–H and O–H groups in total. The highest BCUT2D eigenvalue weighted by molar-refractivity contribution is 9.10. The minimum Gasteiger partial charge on any atom is -0.383 e. The molecule has 0 spiro atoms. The van der Waals surface area contributed by atoms with Gasteiger partial charge in [-0.05, 0) is 22.4 Å². The Morgan fingerprint density at radius 1 is 1.60 bits per heavy atom. The summed E-state index contributed by atoms with van der Waals surface area (Å²) in [7, 11) is 0.746. The van der Waals surface area contributed by atoms with E-state index in [9.17, 15) is 9.00 Å². The molecule has 1 aromatic heterocycles. The molecule has 2 atom stereocenters. The van der Waals surface area contributed by atoms with Crippen LogP contribution < -0.4 is 10.9 Å². The van der Waals surface area contributed by atoms with Gasteiger partial charge in [0.25, 0.3) is 5.56 Å². The lowest BCUT2D eigenvalue weighted by molar-refractivity contribution is 0.181. The van der Waals surface area contributed by atoms with E-state index in [1.165, 1.54) is 4.68 Å². The fourth-order valence-electron chi connectivity index (χ4n) is 1.50. The fourth-order valence-corrected chi connectivity index (χ4v) is 2.40.